The van der Waals surface area contributed by atoms with Gasteiger partial charge in [-0.05, 0) is 17.7 Å². The Balaban J connectivity index is 2.35. The smallest absolute Gasteiger partial charge is 0.162 e. The van der Waals surface area contributed by atoms with Gasteiger partial charge in [-0.15, -0.1) is 0 Å². The van der Waals surface area contributed by atoms with E-state index in [9.17, 15) is 0 Å². The summed E-state index contributed by atoms with van der Waals surface area (Å²) in [6.45, 7) is 1.79. The Kier molecular flexibility index (Phi) is 2.93. The van der Waals surface area contributed by atoms with Crippen LogP contribution < -0.4 is 9.47 Å². The molecular formula is C10H11BrO3. The van der Waals surface area contributed by atoms with Gasteiger partial charge in [0.05, 0.1) is 6.61 Å². The van der Waals surface area contributed by atoms with E-state index in [4.69, 9.17) is 14.2 Å². The van der Waals surface area contributed by atoms with E-state index in [1.54, 1.807) is 7.11 Å². The first-order valence-electron chi connectivity index (χ1n) is 4.38. The lowest BCUT2D eigenvalue weighted by atomic mass is 10.2. The molecular weight excluding hydrogens is 248 g/mol. The monoisotopic (exact) mass is 258 g/mol. The van der Waals surface area contributed by atoms with Crippen LogP contribution in [0, 0.1) is 0 Å². The Labute approximate surface area is 91.1 Å². The van der Waals surface area contributed by atoms with Crippen LogP contribution in [0.25, 0.3) is 0 Å². The van der Waals surface area contributed by atoms with Gasteiger partial charge < -0.3 is 14.2 Å². The largest absolute Gasteiger partial charge is 0.486 e. The van der Waals surface area contributed by atoms with Crippen molar-refractivity contribution in [3.63, 3.8) is 0 Å². The lowest BCUT2D eigenvalue weighted by molar-refractivity contribution is 0.167. The van der Waals surface area contributed by atoms with Gasteiger partial charge in [-0.3, -0.25) is 0 Å². The first-order valence-corrected chi connectivity index (χ1v) is 5.17. The summed E-state index contributed by atoms with van der Waals surface area (Å²) in [6.07, 6.45) is 0. The quantitative estimate of drug-likeness (QED) is 0.816. The van der Waals surface area contributed by atoms with Gasteiger partial charge >= 0.3 is 0 Å². The molecule has 1 heterocycles. The molecule has 0 aliphatic carbocycles. The van der Waals surface area contributed by atoms with Gasteiger partial charge in [0.1, 0.15) is 13.2 Å². The third-order valence-electron chi connectivity index (χ3n) is 2.01. The minimum absolute atomic E-state index is 0.567. The zero-order valence-electron chi connectivity index (χ0n) is 7.88. The molecule has 0 saturated heterocycles. The molecule has 0 atom stereocenters. The third-order valence-corrected chi connectivity index (χ3v) is 2.75. The number of methoxy groups -OCH3 is 1. The molecule has 3 nitrogen and oxygen atoms in total. The maximum absolute atomic E-state index is 5.46. The molecule has 1 aliphatic rings. The van der Waals surface area contributed by atoms with Crippen molar-refractivity contribution >= 4 is 15.9 Å². The van der Waals surface area contributed by atoms with Crippen LogP contribution in [-0.2, 0) is 11.3 Å². The second kappa shape index (κ2) is 4.19. The predicted molar refractivity (Wildman–Crippen MR) is 55.8 cm³/mol. The van der Waals surface area contributed by atoms with Crippen molar-refractivity contribution in [3.05, 3.63) is 22.2 Å². The summed E-state index contributed by atoms with van der Waals surface area (Å²) in [5.41, 5.74) is 1.07. The minimum atomic E-state index is 0.567. The molecule has 14 heavy (non-hydrogen) atoms. The molecule has 0 fully saturated rings. The Hall–Kier alpha value is -0.740. The number of hydrogen-bond donors (Lipinski definition) is 0. The van der Waals surface area contributed by atoms with Gasteiger partial charge in [0, 0.05) is 11.6 Å². The highest BCUT2D eigenvalue weighted by Crippen LogP contribution is 2.35. The van der Waals surface area contributed by atoms with Gasteiger partial charge in [-0.2, -0.15) is 0 Å². The molecule has 4 heteroatoms. The molecule has 0 amide bonds. The van der Waals surface area contributed by atoms with E-state index in [0.717, 1.165) is 21.5 Å². The predicted octanol–water partition coefficient (Wildman–Crippen LogP) is 2.37. The van der Waals surface area contributed by atoms with Crippen molar-refractivity contribution in [1.82, 2.24) is 0 Å². The maximum atomic E-state index is 5.46. The minimum Gasteiger partial charge on any atom is -0.486 e. The number of rotatable bonds is 2. The van der Waals surface area contributed by atoms with Crippen LogP contribution in [0.3, 0.4) is 0 Å². The molecule has 76 valence electrons. The van der Waals surface area contributed by atoms with Crippen molar-refractivity contribution in [3.8, 4) is 11.5 Å². The lowest BCUT2D eigenvalue weighted by Gasteiger charge is -2.19. The van der Waals surface area contributed by atoms with E-state index < -0.39 is 0 Å². The SMILES string of the molecule is COCc1cc2c(cc1Br)OCCO2. The third kappa shape index (κ3) is 1.86. The zero-order chi connectivity index (χ0) is 9.97. The van der Waals surface area contributed by atoms with E-state index >= 15 is 0 Å². The molecule has 1 aromatic carbocycles. The summed E-state index contributed by atoms with van der Waals surface area (Å²) in [7, 11) is 1.67. The Morgan fingerprint density at radius 3 is 2.57 bits per heavy atom. The standard InChI is InChI=1S/C10H11BrO3/c1-12-6-7-4-9-10(5-8(7)11)14-3-2-13-9/h4-5H,2-3,6H2,1H3. The van der Waals surface area contributed by atoms with Gasteiger partial charge in [-0.1, -0.05) is 15.9 Å². The van der Waals surface area contributed by atoms with Gasteiger partial charge in [0.25, 0.3) is 0 Å². The Morgan fingerprint density at radius 1 is 1.29 bits per heavy atom. The molecule has 0 unspecified atom stereocenters. The normalized spacial score (nSPS) is 14.1. The fourth-order valence-corrected chi connectivity index (χ4v) is 1.81. The summed E-state index contributed by atoms with van der Waals surface area (Å²) < 4.78 is 17.0. The molecule has 0 radical (unpaired) electrons. The van der Waals surface area contributed by atoms with Crippen LogP contribution in [-0.4, -0.2) is 20.3 Å². The second-order valence-electron chi connectivity index (χ2n) is 3.02. The van der Waals surface area contributed by atoms with E-state index in [0.29, 0.717) is 19.8 Å². The first-order chi connectivity index (χ1) is 6.81. The van der Waals surface area contributed by atoms with Crippen LogP contribution in [0.2, 0.25) is 0 Å². The number of ether oxygens (including phenoxy) is 3. The average molecular weight is 259 g/mol. The average Bonchev–Trinajstić information content (AvgIpc) is 2.19. The first kappa shape index (κ1) is 9.80. The van der Waals surface area contributed by atoms with Gasteiger partial charge in [0.2, 0.25) is 0 Å². The molecule has 0 aromatic heterocycles. The van der Waals surface area contributed by atoms with Gasteiger partial charge in [0.15, 0.2) is 11.5 Å². The van der Waals surface area contributed by atoms with Crippen molar-refractivity contribution in [2.24, 2.45) is 0 Å². The van der Waals surface area contributed by atoms with E-state index in [1.807, 2.05) is 12.1 Å². The molecule has 1 aromatic rings. The van der Waals surface area contributed by atoms with Crippen molar-refractivity contribution < 1.29 is 14.2 Å². The zero-order valence-corrected chi connectivity index (χ0v) is 9.46. The molecule has 0 N–H and O–H groups in total. The second-order valence-corrected chi connectivity index (χ2v) is 3.87. The lowest BCUT2D eigenvalue weighted by Crippen LogP contribution is -2.15. The topological polar surface area (TPSA) is 27.7 Å². The number of halogens is 1. The summed E-state index contributed by atoms with van der Waals surface area (Å²) in [5.74, 6) is 1.59. The highest BCUT2D eigenvalue weighted by molar-refractivity contribution is 9.10. The molecule has 2 rings (SSSR count). The summed E-state index contributed by atoms with van der Waals surface area (Å²) in [4.78, 5) is 0. The van der Waals surface area contributed by atoms with Crippen LogP contribution >= 0.6 is 15.9 Å². The molecule has 0 bridgehead atoms. The van der Waals surface area contributed by atoms with Crippen LogP contribution in [0.5, 0.6) is 11.5 Å². The fourth-order valence-electron chi connectivity index (χ4n) is 1.37. The summed E-state index contributed by atoms with van der Waals surface area (Å²) in [5, 5.41) is 0. The van der Waals surface area contributed by atoms with E-state index in [-0.39, 0.29) is 0 Å². The van der Waals surface area contributed by atoms with E-state index in [2.05, 4.69) is 15.9 Å². The van der Waals surface area contributed by atoms with Crippen molar-refractivity contribution in [1.29, 1.82) is 0 Å². The number of fused-ring (bicyclic) bond motifs is 1. The highest BCUT2D eigenvalue weighted by Gasteiger charge is 2.14. The summed E-state index contributed by atoms with van der Waals surface area (Å²) >= 11 is 3.46. The van der Waals surface area contributed by atoms with Gasteiger partial charge in [-0.25, -0.2) is 0 Å². The Bertz CT molecular complexity index is 338. The molecule has 0 spiro atoms. The van der Waals surface area contributed by atoms with Crippen LogP contribution in [0.4, 0.5) is 0 Å². The van der Waals surface area contributed by atoms with Crippen molar-refractivity contribution in [2.75, 3.05) is 20.3 Å². The Morgan fingerprint density at radius 2 is 1.93 bits per heavy atom. The maximum Gasteiger partial charge on any atom is 0.162 e. The van der Waals surface area contributed by atoms with Crippen molar-refractivity contribution in [2.45, 2.75) is 6.61 Å². The highest BCUT2D eigenvalue weighted by atomic mass is 79.9. The van der Waals surface area contributed by atoms with Crippen LogP contribution in [0.15, 0.2) is 16.6 Å². The molecule has 1 aliphatic heterocycles. The number of benzene rings is 1. The number of hydrogen-bond acceptors (Lipinski definition) is 3. The van der Waals surface area contributed by atoms with E-state index in [1.165, 1.54) is 0 Å². The fraction of sp³-hybridized carbons (Fsp3) is 0.400. The van der Waals surface area contributed by atoms with Crippen LogP contribution in [0.1, 0.15) is 5.56 Å². The molecule has 0 saturated carbocycles. The summed E-state index contributed by atoms with van der Waals surface area (Å²) in [6, 6.07) is 3.87.